The number of nitrogens with one attached hydrogen (secondary N) is 3. The van der Waals surface area contributed by atoms with Crippen LogP contribution in [0.2, 0.25) is 5.02 Å². The zero-order valence-corrected chi connectivity index (χ0v) is 17.2. The molecule has 0 saturated carbocycles. The van der Waals surface area contributed by atoms with Crippen LogP contribution in [0, 0.1) is 0 Å². The van der Waals surface area contributed by atoms with Crippen molar-refractivity contribution in [3.8, 4) is 11.6 Å². The highest BCUT2D eigenvalue weighted by Gasteiger charge is 2.09. The molecular weight excluding hydrogens is 418 g/mol. The van der Waals surface area contributed by atoms with Gasteiger partial charge in [-0.05, 0) is 42.5 Å². The third-order valence-electron chi connectivity index (χ3n) is 4.25. The molecule has 0 atom stereocenters. The van der Waals surface area contributed by atoms with Crippen LogP contribution in [0.5, 0.6) is 5.75 Å². The maximum atomic E-state index is 12.3. The van der Waals surface area contributed by atoms with Gasteiger partial charge in [0.25, 0.3) is 0 Å². The Hall–Kier alpha value is -4.11. The zero-order valence-electron chi connectivity index (χ0n) is 16.4. The molecule has 2 heterocycles. The number of rotatable bonds is 6. The van der Waals surface area contributed by atoms with E-state index in [1.807, 2.05) is 12.1 Å². The molecule has 0 bridgehead atoms. The van der Waals surface area contributed by atoms with Crippen LogP contribution in [0.3, 0.4) is 0 Å². The first-order valence-corrected chi connectivity index (χ1v) is 9.57. The third-order valence-corrected chi connectivity index (χ3v) is 4.48. The monoisotopic (exact) mass is 435 g/mol. The molecule has 0 fully saturated rings. The Morgan fingerprint density at radius 2 is 1.84 bits per heavy atom. The lowest BCUT2D eigenvalue weighted by molar-refractivity contribution is 0.262. The number of hydrogen-bond acceptors (Lipinski definition) is 6. The molecule has 2 aromatic carbocycles. The molecular formula is C21H18ClN7O2. The minimum absolute atomic E-state index is 0.415. The van der Waals surface area contributed by atoms with Crippen LogP contribution in [0.25, 0.3) is 5.82 Å². The van der Waals surface area contributed by atoms with Crippen LogP contribution in [-0.4, -0.2) is 32.7 Å². The van der Waals surface area contributed by atoms with Crippen LogP contribution < -0.4 is 20.7 Å². The van der Waals surface area contributed by atoms with Gasteiger partial charge >= 0.3 is 6.03 Å². The second kappa shape index (κ2) is 9.14. The minimum Gasteiger partial charge on any atom is -0.495 e. The van der Waals surface area contributed by atoms with Crippen molar-refractivity contribution in [1.29, 1.82) is 0 Å². The van der Waals surface area contributed by atoms with Crippen molar-refractivity contribution >= 4 is 40.5 Å². The molecule has 4 aromatic rings. The van der Waals surface area contributed by atoms with Crippen LogP contribution in [0.1, 0.15) is 0 Å². The fraction of sp³-hybridized carbons (Fsp3) is 0.0476. The van der Waals surface area contributed by atoms with Gasteiger partial charge in [-0.15, -0.1) is 0 Å². The number of hydrogen-bond donors (Lipinski definition) is 3. The normalized spacial score (nSPS) is 10.4. The Labute approximate surface area is 183 Å². The zero-order chi connectivity index (χ0) is 21.6. The summed E-state index contributed by atoms with van der Waals surface area (Å²) in [5, 5.41) is 9.19. The highest BCUT2D eigenvalue weighted by molar-refractivity contribution is 6.31. The number of halogens is 1. The van der Waals surface area contributed by atoms with Gasteiger partial charge in [0.05, 0.1) is 12.8 Å². The predicted molar refractivity (Wildman–Crippen MR) is 120 cm³/mol. The summed E-state index contributed by atoms with van der Waals surface area (Å²) in [4.78, 5) is 24.8. The van der Waals surface area contributed by atoms with Gasteiger partial charge in [0.2, 0.25) is 0 Å². The molecule has 10 heteroatoms. The molecule has 0 aliphatic rings. The third kappa shape index (κ3) is 5.09. The van der Waals surface area contributed by atoms with Gasteiger partial charge in [0.15, 0.2) is 0 Å². The van der Waals surface area contributed by atoms with E-state index in [4.69, 9.17) is 16.3 Å². The predicted octanol–water partition coefficient (Wildman–Crippen LogP) is 4.71. The summed E-state index contributed by atoms with van der Waals surface area (Å²) in [5.74, 6) is 1.84. The topological polar surface area (TPSA) is 106 Å². The van der Waals surface area contributed by atoms with E-state index in [0.717, 1.165) is 5.69 Å². The average Bonchev–Trinajstić information content (AvgIpc) is 3.31. The standard InChI is InChI=1S/C21H18ClN7O2/c1-31-18-7-2-14(22)10-17(18)28-21(30)27-16-5-3-15(4-6-16)26-19-11-20(25-12-24-19)29-9-8-23-13-29/h2-13H,1H3,(H,24,25,26)(H2,27,28,30). The van der Waals surface area contributed by atoms with Crippen molar-refractivity contribution in [2.24, 2.45) is 0 Å². The van der Waals surface area contributed by atoms with Gasteiger partial charge in [0, 0.05) is 34.9 Å². The molecule has 4 rings (SSSR count). The van der Waals surface area contributed by atoms with Crippen molar-refractivity contribution in [2.45, 2.75) is 0 Å². The average molecular weight is 436 g/mol. The van der Waals surface area contributed by atoms with Crippen molar-refractivity contribution in [3.05, 3.63) is 78.6 Å². The van der Waals surface area contributed by atoms with Crippen LogP contribution in [0.4, 0.5) is 27.7 Å². The molecule has 0 spiro atoms. The lowest BCUT2D eigenvalue weighted by Crippen LogP contribution is -2.19. The molecule has 0 unspecified atom stereocenters. The minimum atomic E-state index is -0.415. The van der Waals surface area contributed by atoms with E-state index in [1.54, 1.807) is 59.7 Å². The molecule has 0 saturated heterocycles. The number of benzene rings is 2. The first kappa shape index (κ1) is 20.2. The number of methoxy groups -OCH3 is 1. The lowest BCUT2D eigenvalue weighted by Gasteiger charge is -2.12. The van der Waals surface area contributed by atoms with Crippen LogP contribution in [-0.2, 0) is 0 Å². The lowest BCUT2D eigenvalue weighted by atomic mass is 10.2. The quantitative estimate of drug-likeness (QED) is 0.405. The van der Waals surface area contributed by atoms with Gasteiger partial charge in [-0.25, -0.2) is 19.7 Å². The molecule has 2 aromatic heterocycles. The Bertz CT molecular complexity index is 1180. The number of amides is 2. The number of carbonyl (C=O) groups excluding carboxylic acids is 1. The van der Waals surface area contributed by atoms with Gasteiger partial charge in [0.1, 0.15) is 30.0 Å². The van der Waals surface area contributed by atoms with E-state index in [2.05, 4.69) is 30.9 Å². The Morgan fingerprint density at radius 3 is 2.58 bits per heavy atom. The SMILES string of the molecule is COc1ccc(Cl)cc1NC(=O)Nc1ccc(Nc2cc(-n3ccnc3)ncn2)cc1. The van der Waals surface area contributed by atoms with Crippen molar-refractivity contribution in [3.63, 3.8) is 0 Å². The summed E-state index contributed by atoms with van der Waals surface area (Å²) in [5.41, 5.74) is 1.90. The molecule has 9 nitrogen and oxygen atoms in total. The second-order valence-corrected chi connectivity index (χ2v) is 6.79. The number of aromatic nitrogens is 4. The highest BCUT2D eigenvalue weighted by Crippen LogP contribution is 2.28. The molecule has 0 aliphatic heterocycles. The summed E-state index contributed by atoms with van der Waals surface area (Å²) in [6.07, 6.45) is 6.62. The largest absolute Gasteiger partial charge is 0.495 e. The fourth-order valence-corrected chi connectivity index (χ4v) is 2.97. The molecule has 2 amide bonds. The molecule has 3 N–H and O–H groups in total. The highest BCUT2D eigenvalue weighted by atomic mass is 35.5. The van der Waals surface area contributed by atoms with E-state index in [1.165, 1.54) is 13.4 Å². The number of urea groups is 1. The number of nitrogens with zero attached hydrogens (tertiary/aromatic N) is 4. The van der Waals surface area contributed by atoms with E-state index in [-0.39, 0.29) is 0 Å². The maximum absolute atomic E-state index is 12.3. The summed E-state index contributed by atoms with van der Waals surface area (Å²) in [6.45, 7) is 0. The molecule has 31 heavy (non-hydrogen) atoms. The van der Waals surface area contributed by atoms with Crippen molar-refractivity contribution < 1.29 is 9.53 Å². The number of imidazole rings is 1. The molecule has 156 valence electrons. The number of carbonyl (C=O) groups is 1. The first-order chi connectivity index (χ1) is 15.1. The fourth-order valence-electron chi connectivity index (χ4n) is 2.80. The van der Waals surface area contributed by atoms with Crippen LogP contribution in [0.15, 0.2) is 73.6 Å². The van der Waals surface area contributed by atoms with Gasteiger partial charge in [-0.3, -0.25) is 4.57 Å². The summed E-state index contributed by atoms with van der Waals surface area (Å²) in [7, 11) is 1.52. The second-order valence-electron chi connectivity index (χ2n) is 6.36. The van der Waals surface area contributed by atoms with Gasteiger partial charge in [-0.1, -0.05) is 11.6 Å². The Morgan fingerprint density at radius 1 is 1.03 bits per heavy atom. The summed E-state index contributed by atoms with van der Waals surface area (Å²) >= 11 is 5.99. The molecule has 0 aliphatic carbocycles. The smallest absolute Gasteiger partial charge is 0.323 e. The van der Waals surface area contributed by atoms with E-state index >= 15 is 0 Å². The van der Waals surface area contributed by atoms with Crippen molar-refractivity contribution in [1.82, 2.24) is 19.5 Å². The van der Waals surface area contributed by atoms with Crippen molar-refractivity contribution in [2.75, 3.05) is 23.1 Å². The van der Waals surface area contributed by atoms with E-state index in [9.17, 15) is 4.79 Å². The Kier molecular flexibility index (Phi) is 5.95. The Balaban J connectivity index is 1.39. The molecule has 0 radical (unpaired) electrons. The van der Waals surface area contributed by atoms with Gasteiger partial charge in [-0.2, -0.15) is 0 Å². The first-order valence-electron chi connectivity index (χ1n) is 9.20. The van der Waals surface area contributed by atoms with Crippen LogP contribution >= 0.6 is 11.6 Å². The van der Waals surface area contributed by atoms with Gasteiger partial charge < -0.3 is 20.7 Å². The summed E-state index contributed by atoms with van der Waals surface area (Å²) in [6, 6.07) is 13.6. The van der Waals surface area contributed by atoms with E-state index in [0.29, 0.717) is 33.8 Å². The van der Waals surface area contributed by atoms with E-state index < -0.39 is 6.03 Å². The summed E-state index contributed by atoms with van der Waals surface area (Å²) < 4.78 is 7.02. The number of anilines is 4. The number of ether oxygens (including phenoxy) is 1. The maximum Gasteiger partial charge on any atom is 0.323 e.